The van der Waals surface area contributed by atoms with Gasteiger partial charge in [-0.25, -0.2) is 0 Å². The summed E-state index contributed by atoms with van der Waals surface area (Å²) in [4.78, 5) is 21.8. The van der Waals surface area contributed by atoms with E-state index in [1.54, 1.807) is 7.05 Å². The molecule has 0 aromatic carbocycles. The van der Waals surface area contributed by atoms with Gasteiger partial charge in [0.15, 0.2) is 0 Å². The Bertz CT molecular complexity index is 167. The molecule has 0 aromatic rings. The fourth-order valence-electron chi connectivity index (χ4n) is 1.41. The first kappa shape index (κ1) is 8.24. The van der Waals surface area contributed by atoms with Crippen molar-refractivity contribution in [1.29, 1.82) is 0 Å². The van der Waals surface area contributed by atoms with E-state index in [0.29, 0.717) is 18.6 Å². The summed E-state index contributed by atoms with van der Waals surface area (Å²) in [5, 5.41) is 2.60. The topological polar surface area (TPSA) is 46.2 Å². The number of amides is 1. The van der Waals surface area contributed by atoms with Crippen molar-refractivity contribution in [2.24, 2.45) is 5.92 Å². The lowest BCUT2D eigenvalue weighted by Crippen LogP contribution is -2.30. The van der Waals surface area contributed by atoms with Gasteiger partial charge >= 0.3 is 0 Å². The van der Waals surface area contributed by atoms with Gasteiger partial charge in [0, 0.05) is 25.8 Å². The Balaban J connectivity index is 2.39. The van der Waals surface area contributed by atoms with Gasteiger partial charge in [-0.15, -0.1) is 0 Å². The first-order valence-corrected chi connectivity index (χ1v) is 3.97. The van der Waals surface area contributed by atoms with Gasteiger partial charge in [0.25, 0.3) is 0 Å². The summed E-state index contributed by atoms with van der Waals surface area (Å²) >= 11 is 0. The first-order chi connectivity index (χ1) is 5.24. The van der Waals surface area contributed by atoms with Crippen LogP contribution in [0, 0.1) is 5.92 Å². The van der Waals surface area contributed by atoms with E-state index >= 15 is 0 Å². The van der Waals surface area contributed by atoms with Crippen LogP contribution in [-0.2, 0) is 9.59 Å². The minimum Gasteiger partial charge on any atom is -0.359 e. The summed E-state index contributed by atoms with van der Waals surface area (Å²) in [6.45, 7) is 0. The van der Waals surface area contributed by atoms with Gasteiger partial charge in [-0.05, 0) is 12.8 Å². The molecule has 11 heavy (non-hydrogen) atoms. The zero-order valence-electron chi connectivity index (χ0n) is 6.72. The van der Waals surface area contributed by atoms with E-state index < -0.39 is 0 Å². The molecule has 0 spiro atoms. The second-order valence-corrected chi connectivity index (χ2v) is 2.93. The molecule has 0 aliphatic heterocycles. The lowest BCUT2D eigenvalue weighted by molar-refractivity contribution is -0.128. The second kappa shape index (κ2) is 3.51. The number of carbonyl (C=O) groups excluding carboxylic acids is 2. The standard InChI is InChI=1S/C8H13NO2/c1-9-8(11)6-2-4-7(10)5-3-6/h6H,2-5H2,1H3,(H,9,11). The summed E-state index contributed by atoms with van der Waals surface area (Å²) in [6, 6.07) is 0. The highest BCUT2D eigenvalue weighted by atomic mass is 16.2. The molecule has 62 valence electrons. The molecule has 3 heteroatoms. The third kappa shape index (κ3) is 2.03. The average molecular weight is 155 g/mol. The Morgan fingerprint density at radius 2 is 2.00 bits per heavy atom. The van der Waals surface area contributed by atoms with Gasteiger partial charge in [0.1, 0.15) is 5.78 Å². The zero-order chi connectivity index (χ0) is 8.27. The molecule has 1 rings (SSSR count). The smallest absolute Gasteiger partial charge is 0.222 e. The minimum absolute atomic E-state index is 0.0810. The van der Waals surface area contributed by atoms with Crippen LogP contribution in [0.15, 0.2) is 0 Å². The van der Waals surface area contributed by atoms with Gasteiger partial charge < -0.3 is 5.32 Å². The van der Waals surface area contributed by atoms with Gasteiger partial charge in [0.05, 0.1) is 0 Å². The van der Waals surface area contributed by atoms with E-state index in [1.807, 2.05) is 0 Å². The molecule has 0 atom stereocenters. The van der Waals surface area contributed by atoms with Crippen LogP contribution >= 0.6 is 0 Å². The zero-order valence-corrected chi connectivity index (χ0v) is 6.72. The van der Waals surface area contributed by atoms with Gasteiger partial charge in [-0.2, -0.15) is 0 Å². The molecule has 3 nitrogen and oxygen atoms in total. The molecule has 0 saturated heterocycles. The Labute approximate surface area is 66.2 Å². The lowest BCUT2D eigenvalue weighted by atomic mass is 9.88. The Morgan fingerprint density at radius 3 is 2.45 bits per heavy atom. The van der Waals surface area contributed by atoms with Crippen LogP contribution in [0.3, 0.4) is 0 Å². The average Bonchev–Trinajstić information content (AvgIpc) is 2.05. The van der Waals surface area contributed by atoms with Crippen LogP contribution in [-0.4, -0.2) is 18.7 Å². The Morgan fingerprint density at radius 1 is 1.45 bits per heavy atom. The third-order valence-corrected chi connectivity index (χ3v) is 2.16. The molecule has 0 bridgehead atoms. The van der Waals surface area contributed by atoms with Crippen molar-refractivity contribution in [3.05, 3.63) is 0 Å². The SMILES string of the molecule is CNC(=O)C1CCC(=O)CC1. The van der Waals surface area contributed by atoms with E-state index in [4.69, 9.17) is 0 Å². The van der Waals surface area contributed by atoms with Crippen molar-refractivity contribution < 1.29 is 9.59 Å². The van der Waals surface area contributed by atoms with Crippen molar-refractivity contribution in [3.8, 4) is 0 Å². The Kier molecular flexibility index (Phi) is 2.63. The number of hydrogen-bond donors (Lipinski definition) is 1. The van der Waals surface area contributed by atoms with E-state index in [1.165, 1.54) is 0 Å². The van der Waals surface area contributed by atoms with E-state index in [9.17, 15) is 9.59 Å². The predicted octanol–water partition coefficient (Wildman–Crippen LogP) is 0.492. The van der Waals surface area contributed by atoms with Gasteiger partial charge in [-0.3, -0.25) is 9.59 Å². The molecule has 1 N–H and O–H groups in total. The number of hydrogen-bond acceptors (Lipinski definition) is 2. The first-order valence-electron chi connectivity index (χ1n) is 3.97. The summed E-state index contributed by atoms with van der Waals surface area (Å²) in [5.41, 5.74) is 0. The molecule has 1 aliphatic rings. The van der Waals surface area contributed by atoms with E-state index in [0.717, 1.165) is 12.8 Å². The molecular formula is C8H13NO2. The predicted molar refractivity (Wildman–Crippen MR) is 41.0 cm³/mol. The highest BCUT2D eigenvalue weighted by Crippen LogP contribution is 2.20. The van der Waals surface area contributed by atoms with Crippen molar-refractivity contribution in [2.75, 3.05) is 7.05 Å². The van der Waals surface area contributed by atoms with Gasteiger partial charge in [0.2, 0.25) is 5.91 Å². The summed E-state index contributed by atoms with van der Waals surface area (Å²) < 4.78 is 0. The maximum absolute atomic E-state index is 11.1. The molecule has 0 heterocycles. The van der Waals surface area contributed by atoms with Crippen LogP contribution < -0.4 is 5.32 Å². The third-order valence-electron chi connectivity index (χ3n) is 2.16. The van der Waals surface area contributed by atoms with Crippen LogP contribution in [0.1, 0.15) is 25.7 Å². The molecule has 1 fully saturated rings. The van der Waals surface area contributed by atoms with Crippen molar-refractivity contribution in [3.63, 3.8) is 0 Å². The lowest BCUT2D eigenvalue weighted by Gasteiger charge is -2.18. The largest absolute Gasteiger partial charge is 0.359 e. The highest BCUT2D eigenvalue weighted by molar-refractivity contribution is 5.84. The minimum atomic E-state index is 0.0810. The molecule has 0 radical (unpaired) electrons. The van der Waals surface area contributed by atoms with Crippen molar-refractivity contribution in [2.45, 2.75) is 25.7 Å². The summed E-state index contributed by atoms with van der Waals surface area (Å²) in [5.74, 6) is 0.459. The maximum atomic E-state index is 11.1. The maximum Gasteiger partial charge on any atom is 0.222 e. The highest BCUT2D eigenvalue weighted by Gasteiger charge is 2.23. The summed E-state index contributed by atoms with van der Waals surface area (Å²) in [6.07, 6.45) is 2.63. The molecular weight excluding hydrogens is 142 g/mol. The molecule has 1 aliphatic carbocycles. The van der Waals surface area contributed by atoms with Gasteiger partial charge in [-0.1, -0.05) is 0 Å². The quantitative estimate of drug-likeness (QED) is 0.599. The van der Waals surface area contributed by atoms with Crippen LogP contribution in [0.2, 0.25) is 0 Å². The van der Waals surface area contributed by atoms with E-state index in [-0.39, 0.29) is 11.8 Å². The number of nitrogens with one attached hydrogen (secondary N) is 1. The van der Waals surface area contributed by atoms with Crippen molar-refractivity contribution in [1.82, 2.24) is 5.32 Å². The fourth-order valence-corrected chi connectivity index (χ4v) is 1.41. The van der Waals surface area contributed by atoms with Crippen LogP contribution in [0.5, 0.6) is 0 Å². The molecule has 1 amide bonds. The number of ketones is 1. The number of carbonyl (C=O) groups is 2. The number of rotatable bonds is 1. The number of Topliss-reactive ketones (excluding diaryl/α,β-unsaturated/α-hetero) is 1. The Hall–Kier alpha value is -0.860. The van der Waals surface area contributed by atoms with Crippen LogP contribution in [0.25, 0.3) is 0 Å². The molecule has 1 saturated carbocycles. The summed E-state index contributed by atoms with van der Waals surface area (Å²) in [7, 11) is 1.64. The van der Waals surface area contributed by atoms with E-state index in [2.05, 4.69) is 5.32 Å². The second-order valence-electron chi connectivity index (χ2n) is 2.93. The molecule has 0 aromatic heterocycles. The normalized spacial score (nSPS) is 19.9. The van der Waals surface area contributed by atoms with Crippen LogP contribution in [0.4, 0.5) is 0 Å². The molecule has 0 unspecified atom stereocenters. The monoisotopic (exact) mass is 155 g/mol. The van der Waals surface area contributed by atoms with Crippen molar-refractivity contribution >= 4 is 11.7 Å². The fraction of sp³-hybridized carbons (Fsp3) is 0.750.